The number of hydrogen-bond donors (Lipinski definition) is 3. The molecule has 1 aromatic carbocycles. The zero-order valence-corrected chi connectivity index (χ0v) is 17.3. The summed E-state index contributed by atoms with van der Waals surface area (Å²) < 4.78 is 0. The highest BCUT2D eigenvalue weighted by Gasteiger charge is 2.39. The summed E-state index contributed by atoms with van der Waals surface area (Å²) >= 11 is 0. The molecule has 1 aromatic heterocycles. The standard InChI is InChI=1S/C22H23N5O4/c1-12-7-18(23-9-13(12)2)25-22(31)24-10-14-3-4-16-15(8-14)11-27(21(16)30)17-5-6-19(28)26-20(17)29/h3-4,7-9,17H,5-6,10-11H2,1-2H3,(H,26,28,29)(H2,23,24,25,31). The fourth-order valence-electron chi connectivity index (χ4n) is 3.77. The Balaban J connectivity index is 1.38. The number of hydrogen-bond acceptors (Lipinski definition) is 5. The van der Waals surface area contributed by atoms with Crippen LogP contribution < -0.4 is 16.0 Å². The number of carbonyl (C=O) groups is 4. The number of aromatic nitrogens is 1. The van der Waals surface area contributed by atoms with Gasteiger partial charge in [0.2, 0.25) is 11.8 Å². The molecule has 5 amide bonds. The second-order valence-electron chi connectivity index (χ2n) is 7.85. The highest BCUT2D eigenvalue weighted by molar-refractivity contribution is 6.05. The van der Waals surface area contributed by atoms with E-state index in [-0.39, 0.29) is 30.8 Å². The van der Waals surface area contributed by atoms with Crippen molar-refractivity contribution >= 4 is 29.6 Å². The molecule has 2 aliphatic rings. The number of amides is 5. The number of pyridine rings is 1. The summed E-state index contributed by atoms with van der Waals surface area (Å²) in [5.74, 6) is -0.494. The fourth-order valence-corrected chi connectivity index (χ4v) is 3.77. The van der Waals surface area contributed by atoms with E-state index in [1.807, 2.05) is 19.9 Å². The number of anilines is 1. The van der Waals surface area contributed by atoms with Crippen molar-refractivity contribution in [1.82, 2.24) is 20.5 Å². The fraction of sp³-hybridized carbons (Fsp3) is 0.318. The Kier molecular flexibility index (Phi) is 5.41. The zero-order valence-electron chi connectivity index (χ0n) is 17.3. The Morgan fingerprint density at radius 3 is 2.74 bits per heavy atom. The molecule has 9 nitrogen and oxygen atoms in total. The third kappa shape index (κ3) is 4.25. The molecule has 0 radical (unpaired) electrons. The second-order valence-corrected chi connectivity index (χ2v) is 7.85. The first-order valence-electron chi connectivity index (χ1n) is 10.1. The molecule has 31 heavy (non-hydrogen) atoms. The Morgan fingerprint density at radius 2 is 2.00 bits per heavy atom. The highest BCUT2D eigenvalue weighted by Crippen LogP contribution is 2.28. The number of aryl methyl sites for hydroxylation is 2. The minimum absolute atomic E-state index is 0.218. The van der Waals surface area contributed by atoms with Crippen molar-refractivity contribution in [3.05, 3.63) is 58.3 Å². The van der Waals surface area contributed by atoms with Crippen molar-refractivity contribution in [2.75, 3.05) is 5.32 Å². The molecular formula is C22H23N5O4. The molecule has 0 spiro atoms. The number of imide groups is 1. The lowest BCUT2D eigenvalue weighted by Crippen LogP contribution is -2.52. The lowest BCUT2D eigenvalue weighted by molar-refractivity contribution is -0.136. The SMILES string of the molecule is Cc1cnc(NC(=O)NCc2ccc3c(c2)CN(C2CCC(=O)NC2=O)C3=O)cc1C. The Bertz CT molecular complexity index is 1100. The molecule has 1 fully saturated rings. The number of piperidine rings is 1. The lowest BCUT2D eigenvalue weighted by Gasteiger charge is -2.29. The van der Waals surface area contributed by atoms with Crippen molar-refractivity contribution in [1.29, 1.82) is 0 Å². The molecule has 1 atom stereocenters. The number of nitrogens with zero attached hydrogens (tertiary/aromatic N) is 2. The van der Waals surface area contributed by atoms with Crippen LogP contribution in [0.25, 0.3) is 0 Å². The van der Waals surface area contributed by atoms with Crippen molar-refractivity contribution < 1.29 is 19.2 Å². The maximum Gasteiger partial charge on any atom is 0.320 e. The van der Waals surface area contributed by atoms with Gasteiger partial charge in [0.05, 0.1) is 0 Å². The largest absolute Gasteiger partial charge is 0.334 e. The molecule has 9 heteroatoms. The monoisotopic (exact) mass is 421 g/mol. The molecule has 160 valence electrons. The number of nitrogens with one attached hydrogen (secondary N) is 3. The maximum absolute atomic E-state index is 12.7. The molecule has 3 heterocycles. The molecule has 2 aromatic rings. The van der Waals surface area contributed by atoms with Gasteiger partial charge in [-0.2, -0.15) is 0 Å². The topological polar surface area (TPSA) is 120 Å². The number of urea groups is 1. The molecule has 1 saturated heterocycles. The Labute approximate surface area is 179 Å². The van der Waals surface area contributed by atoms with Gasteiger partial charge >= 0.3 is 6.03 Å². The lowest BCUT2D eigenvalue weighted by atomic mass is 10.0. The molecule has 1 unspecified atom stereocenters. The van der Waals surface area contributed by atoms with E-state index in [0.29, 0.717) is 24.3 Å². The normalized spacial score (nSPS) is 17.9. The maximum atomic E-state index is 12.7. The van der Waals surface area contributed by atoms with Crippen LogP contribution in [-0.2, 0) is 22.7 Å². The van der Waals surface area contributed by atoms with Crippen LogP contribution in [0.5, 0.6) is 0 Å². The average Bonchev–Trinajstić information content (AvgIpc) is 3.05. The molecule has 4 rings (SSSR count). The van der Waals surface area contributed by atoms with Gasteiger partial charge in [0, 0.05) is 31.3 Å². The van der Waals surface area contributed by atoms with Gasteiger partial charge in [-0.05, 0) is 54.7 Å². The van der Waals surface area contributed by atoms with Gasteiger partial charge in [0.25, 0.3) is 5.91 Å². The molecule has 3 N–H and O–H groups in total. The van der Waals surface area contributed by atoms with E-state index < -0.39 is 11.9 Å². The third-order valence-corrected chi connectivity index (χ3v) is 5.66. The number of fused-ring (bicyclic) bond motifs is 1. The smallest absolute Gasteiger partial charge is 0.320 e. The first-order valence-corrected chi connectivity index (χ1v) is 10.1. The summed E-state index contributed by atoms with van der Waals surface area (Å²) in [6.07, 6.45) is 2.25. The van der Waals surface area contributed by atoms with Crippen LogP contribution in [-0.4, -0.2) is 39.7 Å². The number of carbonyl (C=O) groups excluding carboxylic acids is 4. The minimum atomic E-state index is -0.643. The molecule has 0 saturated carbocycles. The van der Waals surface area contributed by atoms with Crippen molar-refractivity contribution in [2.45, 2.75) is 45.8 Å². The summed E-state index contributed by atoms with van der Waals surface area (Å²) in [4.78, 5) is 54.1. The summed E-state index contributed by atoms with van der Waals surface area (Å²) in [5, 5.41) is 7.78. The van der Waals surface area contributed by atoms with Gasteiger partial charge in [0.15, 0.2) is 0 Å². The molecule has 0 bridgehead atoms. The predicted molar refractivity (Wildman–Crippen MR) is 112 cm³/mol. The number of rotatable bonds is 4. The van der Waals surface area contributed by atoms with Crippen molar-refractivity contribution in [3.63, 3.8) is 0 Å². The molecule has 2 aliphatic heterocycles. The predicted octanol–water partition coefficient (Wildman–Crippen LogP) is 1.78. The summed E-state index contributed by atoms with van der Waals surface area (Å²) in [6, 6.07) is 6.13. The zero-order chi connectivity index (χ0) is 22.1. The van der Waals surface area contributed by atoms with Crippen LogP contribution in [0.4, 0.5) is 10.6 Å². The van der Waals surface area contributed by atoms with Crippen LogP contribution in [0.3, 0.4) is 0 Å². The third-order valence-electron chi connectivity index (χ3n) is 5.66. The first-order chi connectivity index (χ1) is 14.8. The molecule has 0 aliphatic carbocycles. The van der Waals surface area contributed by atoms with Crippen LogP contribution in [0.2, 0.25) is 0 Å². The Hall–Kier alpha value is -3.75. The first kappa shape index (κ1) is 20.5. The van der Waals surface area contributed by atoms with Crippen LogP contribution in [0.1, 0.15) is 45.5 Å². The number of benzene rings is 1. The van der Waals surface area contributed by atoms with Crippen LogP contribution in [0.15, 0.2) is 30.5 Å². The summed E-state index contributed by atoms with van der Waals surface area (Å²) in [7, 11) is 0. The molecular weight excluding hydrogens is 398 g/mol. The van der Waals surface area contributed by atoms with E-state index >= 15 is 0 Å². The van der Waals surface area contributed by atoms with Gasteiger partial charge in [-0.25, -0.2) is 9.78 Å². The van der Waals surface area contributed by atoms with E-state index in [2.05, 4.69) is 20.9 Å². The minimum Gasteiger partial charge on any atom is -0.334 e. The van der Waals surface area contributed by atoms with Gasteiger partial charge in [-0.15, -0.1) is 0 Å². The van der Waals surface area contributed by atoms with Crippen LogP contribution >= 0.6 is 0 Å². The summed E-state index contributed by atoms with van der Waals surface area (Å²) in [5.41, 5.74) is 4.25. The van der Waals surface area contributed by atoms with Crippen molar-refractivity contribution in [2.24, 2.45) is 0 Å². The van der Waals surface area contributed by atoms with Crippen molar-refractivity contribution in [3.8, 4) is 0 Å². The highest BCUT2D eigenvalue weighted by atomic mass is 16.2. The summed E-state index contributed by atoms with van der Waals surface area (Å²) in [6.45, 7) is 4.47. The van der Waals surface area contributed by atoms with E-state index in [1.54, 1.807) is 24.4 Å². The van der Waals surface area contributed by atoms with Crippen LogP contribution in [0, 0.1) is 13.8 Å². The average molecular weight is 421 g/mol. The second kappa shape index (κ2) is 8.17. The van der Waals surface area contributed by atoms with E-state index in [9.17, 15) is 19.2 Å². The van der Waals surface area contributed by atoms with Gasteiger partial charge < -0.3 is 10.2 Å². The van der Waals surface area contributed by atoms with Gasteiger partial charge in [0.1, 0.15) is 11.9 Å². The Morgan fingerprint density at radius 1 is 1.19 bits per heavy atom. The van der Waals surface area contributed by atoms with Gasteiger partial charge in [-0.3, -0.25) is 25.0 Å². The van der Waals surface area contributed by atoms with E-state index in [1.165, 1.54) is 4.90 Å². The quantitative estimate of drug-likeness (QED) is 0.650. The van der Waals surface area contributed by atoms with Gasteiger partial charge in [-0.1, -0.05) is 12.1 Å². The van der Waals surface area contributed by atoms with E-state index in [4.69, 9.17) is 0 Å². The van der Waals surface area contributed by atoms with E-state index in [0.717, 1.165) is 22.3 Å².